The zero-order chi connectivity index (χ0) is 17.1. The van der Waals surface area contributed by atoms with E-state index in [9.17, 15) is 0 Å². The fourth-order valence-electron chi connectivity index (χ4n) is 4.34. The number of hydrogen-bond acceptors (Lipinski definition) is 0. The molecule has 26 heavy (non-hydrogen) atoms. The topological polar surface area (TPSA) is 0 Å². The van der Waals surface area contributed by atoms with Gasteiger partial charge in [-0.3, -0.25) is 0 Å². The van der Waals surface area contributed by atoms with Crippen LogP contribution in [0.2, 0.25) is 0 Å². The van der Waals surface area contributed by atoms with E-state index in [2.05, 4.69) is 97.1 Å². The van der Waals surface area contributed by atoms with E-state index < -0.39 is 0 Å². The van der Waals surface area contributed by atoms with Crippen LogP contribution in [0.15, 0.2) is 97.1 Å². The van der Waals surface area contributed by atoms with Crippen molar-refractivity contribution in [2.24, 2.45) is 0 Å². The lowest BCUT2D eigenvalue weighted by Gasteiger charge is -2.12. The van der Waals surface area contributed by atoms with Crippen molar-refractivity contribution in [1.82, 2.24) is 0 Å². The van der Waals surface area contributed by atoms with Gasteiger partial charge in [0.05, 0.1) is 0 Å². The van der Waals surface area contributed by atoms with E-state index in [1.54, 1.807) is 0 Å². The Morgan fingerprint density at radius 1 is 0.269 bits per heavy atom. The second-order valence-electron chi connectivity index (χ2n) is 7.04. The summed E-state index contributed by atoms with van der Waals surface area (Å²) in [5.41, 5.74) is 0. The molecule has 0 spiro atoms. The quantitative estimate of drug-likeness (QED) is 0.200. The van der Waals surface area contributed by atoms with Gasteiger partial charge in [-0.1, -0.05) is 72.8 Å². The minimum absolute atomic E-state index is 1.30. The highest BCUT2D eigenvalue weighted by molar-refractivity contribution is 6.27. The maximum atomic E-state index is 2.37. The van der Waals surface area contributed by atoms with Crippen LogP contribution in [-0.4, -0.2) is 0 Å². The van der Waals surface area contributed by atoms with E-state index in [4.69, 9.17) is 0 Å². The molecule has 6 aromatic carbocycles. The summed E-state index contributed by atoms with van der Waals surface area (Å²) in [4.78, 5) is 0. The predicted octanol–water partition coefficient (Wildman–Crippen LogP) is 7.45. The lowest BCUT2D eigenvalue weighted by Crippen LogP contribution is -1.84. The summed E-state index contributed by atoms with van der Waals surface area (Å²) in [7, 11) is 0. The first-order valence-corrected chi connectivity index (χ1v) is 9.04. The second kappa shape index (κ2) is 5.06. The Balaban J connectivity index is 1.91. The Morgan fingerprint density at radius 3 is 1.04 bits per heavy atom. The molecule has 0 aliphatic carbocycles. The van der Waals surface area contributed by atoms with Crippen molar-refractivity contribution in [1.29, 1.82) is 0 Å². The summed E-state index contributed by atoms with van der Waals surface area (Å²) < 4.78 is 0. The summed E-state index contributed by atoms with van der Waals surface area (Å²) in [5, 5.41) is 13.2. The molecule has 0 atom stereocenters. The van der Waals surface area contributed by atoms with E-state index >= 15 is 0 Å². The summed E-state index contributed by atoms with van der Waals surface area (Å²) in [5.74, 6) is 0. The lowest BCUT2D eigenvalue weighted by atomic mass is 9.92. The maximum Gasteiger partial charge on any atom is -0.00926 e. The van der Waals surface area contributed by atoms with E-state index in [-0.39, 0.29) is 0 Å². The van der Waals surface area contributed by atoms with E-state index in [1.807, 2.05) is 0 Å². The maximum absolute atomic E-state index is 2.37. The Labute approximate surface area is 151 Å². The SMILES string of the molecule is c1ccc2cc3cc4c5ccccc5c5ccccc5c4cc3cc2c1. The molecule has 0 aliphatic rings. The van der Waals surface area contributed by atoms with Gasteiger partial charge in [-0.2, -0.15) is 0 Å². The minimum atomic E-state index is 1.30. The zero-order valence-electron chi connectivity index (χ0n) is 14.2. The standard InChI is InChI=1S/C26H16/c1-2-8-18-14-20-16-26-24-12-6-4-10-22(24)21-9-3-5-11-23(21)25(26)15-19(20)13-17(18)7-1/h1-16H. The number of benzene rings is 6. The first-order valence-electron chi connectivity index (χ1n) is 9.04. The van der Waals surface area contributed by atoms with Gasteiger partial charge in [0.15, 0.2) is 0 Å². The Morgan fingerprint density at radius 2 is 0.615 bits per heavy atom. The third-order valence-corrected chi connectivity index (χ3v) is 5.57. The average molecular weight is 328 g/mol. The molecule has 0 aromatic heterocycles. The van der Waals surface area contributed by atoms with Crippen molar-refractivity contribution in [3.8, 4) is 0 Å². The van der Waals surface area contributed by atoms with Gasteiger partial charge >= 0.3 is 0 Å². The van der Waals surface area contributed by atoms with Gasteiger partial charge in [-0.25, -0.2) is 0 Å². The Hall–Kier alpha value is -3.38. The van der Waals surface area contributed by atoms with Crippen LogP contribution in [0.5, 0.6) is 0 Å². The highest BCUT2D eigenvalue weighted by atomic mass is 14.1. The molecule has 0 amide bonds. The monoisotopic (exact) mass is 328 g/mol. The Bertz CT molecular complexity index is 1360. The third kappa shape index (κ3) is 1.84. The lowest BCUT2D eigenvalue weighted by molar-refractivity contribution is 1.78. The van der Waals surface area contributed by atoms with Gasteiger partial charge in [-0.15, -0.1) is 0 Å². The van der Waals surface area contributed by atoms with Gasteiger partial charge < -0.3 is 0 Å². The number of fused-ring (bicyclic) bond motifs is 8. The smallest absolute Gasteiger partial charge is 0.00926 e. The molecule has 0 heteroatoms. The molecule has 0 saturated carbocycles. The molecular weight excluding hydrogens is 312 g/mol. The second-order valence-corrected chi connectivity index (χ2v) is 7.04. The van der Waals surface area contributed by atoms with Crippen molar-refractivity contribution in [2.45, 2.75) is 0 Å². The van der Waals surface area contributed by atoms with E-state index in [1.165, 1.54) is 53.9 Å². The van der Waals surface area contributed by atoms with E-state index in [0.717, 1.165) is 0 Å². The van der Waals surface area contributed by atoms with Crippen LogP contribution in [0.4, 0.5) is 0 Å². The molecule has 0 unspecified atom stereocenters. The first kappa shape index (κ1) is 13.9. The van der Waals surface area contributed by atoms with Crippen molar-refractivity contribution in [2.75, 3.05) is 0 Å². The normalized spacial score (nSPS) is 11.8. The third-order valence-electron chi connectivity index (χ3n) is 5.57. The predicted molar refractivity (Wildman–Crippen MR) is 114 cm³/mol. The fourth-order valence-corrected chi connectivity index (χ4v) is 4.34. The van der Waals surface area contributed by atoms with Crippen molar-refractivity contribution in [3.63, 3.8) is 0 Å². The summed E-state index contributed by atoms with van der Waals surface area (Å²) >= 11 is 0. The Kier molecular flexibility index (Phi) is 2.70. The van der Waals surface area contributed by atoms with Crippen LogP contribution in [0.25, 0.3) is 53.9 Å². The molecule has 0 radical (unpaired) electrons. The molecule has 0 nitrogen and oxygen atoms in total. The fraction of sp³-hybridized carbons (Fsp3) is 0. The van der Waals surface area contributed by atoms with Crippen LogP contribution in [-0.2, 0) is 0 Å². The molecule has 0 bridgehead atoms. The molecule has 0 heterocycles. The largest absolute Gasteiger partial charge is 0.0616 e. The molecule has 6 aromatic rings. The van der Waals surface area contributed by atoms with Gasteiger partial charge in [0.25, 0.3) is 0 Å². The van der Waals surface area contributed by atoms with Crippen LogP contribution in [0, 0.1) is 0 Å². The molecule has 0 N–H and O–H groups in total. The zero-order valence-corrected chi connectivity index (χ0v) is 14.2. The first-order chi connectivity index (χ1) is 12.9. The average Bonchev–Trinajstić information content (AvgIpc) is 2.71. The highest BCUT2D eigenvalue weighted by Crippen LogP contribution is 2.37. The van der Waals surface area contributed by atoms with Crippen LogP contribution < -0.4 is 0 Å². The van der Waals surface area contributed by atoms with Crippen LogP contribution in [0.3, 0.4) is 0 Å². The molecule has 0 saturated heterocycles. The number of rotatable bonds is 0. The number of hydrogen-bond donors (Lipinski definition) is 0. The van der Waals surface area contributed by atoms with Crippen molar-refractivity contribution >= 4 is 53.9 Å². The van der Waals surface area contributed by atoms with Gasteiger partial charge in [0.1, 0.15) is 0 Å². The van der Waals surface area contributed by atoms with Crippen molar-refractivity contribution in [3.05, 3.63) is 97.1 Å². The molecule has 0 fully saturated rings. The van der Waals surface area contributed by atoms with Gasteiger partial charge in [0, 0.05) is 0 Å². The summed E-state index contributed by atoms with van der Waals surface area (Å²) in [6.07, 6.45) is 0. The minimum Gasteiger partial charge on any atom is -0.0616 e. The van der Waals surface area contributed by atoms with Crippen LogP contribution in [0.1, 0.15) is 0 Å². The van der Waals surface area contributed by atoms with Gasteiger partial charge in [-0.05, 0) is 78.1 Å². The van der Waals surface area contributed by atoms with Crippen molar-refractivity contribution < 1.29 is 0 Å². The van der Waals surface area contributed by atoms with E-state index in [0.29, 0.717) is 0 Å². The summed E-state index contributed by atoms with van der Waals surface area (Å²) in [6.45, 7) is 0. The molecule has 6 rings (SSSR count). The van der Waals surface area contributed by atoms with Crippen LogP contribution >= 0.6 is 0 Å². The highest BCUT2D eigenvalue weighted by Gasteiger charge is 2.09. The van der Waals surface area contributed by atoms with Gasteiger partial charge in [0.2, 0.25) is 0 Å². The summed E-state index contributed by atoms with van der Waals surface area (Å²) in [6, 6.07) is 35.5. The molecular formula is C26H16. The molecule has 0 aliphatic heterocycles. The molecule has 120 valence electrons.